The van der Waals surface area contributed by atoms with E-state index < -0.39 is 23.7 Å². The van der Waals surface area contributed by atoms with Crippen molar-refractivity contribution < 1.29 is 22.8 Å². The van der Waals surface area contributed by atoms with Crippen molar-refractivity contribution in [1.29, 1.82) is 0 Å². The second kappa shape index (κ2) is 6.02. The van der Waals surface area contributed by atoms with Crippen LogP contribution in [0, 0.1) is 5.92 Å². The van der Waals surface area contributed by atoms with E-state index >= 15 is 0 Å². The van der Waals surface area contributed by atoms with E-state index in [-0.39, 0.29) is 12.0 Å². The summed E-state index contributed by atoms with van der Waals surface area (Å²) in [7, 11) is 0. The van der Waals surface area contributed by atoms with Gasteiger partial charge < -0.3 is 0 Å². The predicted octanol–water partition coefficient (Wildman–Crippen LogP) is 4.22. The molecule has 0 aromatic heterocycles. The second-order valence-corrected chi connectivity index (χ2v) is 5.33. The maximum Gasteiger partial charge on any atom is 0.450 e. The van der Waals surface area contributed by atoms with E-state index in [0.29, 0.717) is 23.4 Å². The van der Waals surface area contributed by atoms with E-state index in [2.05, 4.69) is 0 Å². The zero-order valence-electron chi connectivity index (χ0n) is 10.9. The molecule has 1 aromatic carbocycles. The van der Waals surface area contributed by atoms with Crippen LogP contribution in [0.15, 0.2) is 29.8 Å². The van der Waals surface area contributed by atoms with E-state index in [1.165, 1.54) is 6.08 Å². The van der Waals surface area contributed by atoms with Crippen molar-refractivity contribution in [2.45, 2.75) is 25.4 Å². The van der Waals surface area contributed by atoms with Crippen LogP contribution in [0.3, 0.4) is 0 Å². The van der Waals surface area contributed by atoms with Crippen LogP contribution in [-0.2, 0) is 9.59 Å². The van der Waals surface area contributed by atoms with Crippen LogP contribution in [0.25, 0.3) is 6.08 Å². The lowest BCUT2D eigenvalue weighted by Crippen LogP contribution is -2.37. The quantitative estimate of drug-likeness (QED) is 0.604. The standard InChI is InChI=1S/C15H12ClF3O2/c16-11-6-4-9(5-7-11)8-10-2-1-3-12(13(10)20)14(21)15(17,18)19/h4-8,12H,1-3H2/b10-8+. The number of hydrogen-bond acceptors (Lipinski definition) is 2. The Kier molecular flexibility index (Phi) is 4.52. The molecule has 6 heteroatoms. The van der Waals surface area contributed by atoms with Gasteiger partial charge in [-0.05, 0) is 48.6 Å². The Labute approximate surface area is 124 Å². The van der Waals surface area contributed by atoms with Gasteiger partial charge in [0, 0.05) is 5.02 Å². The van der Waals surface area contributed by atoms with Crippen LogP contribution in [0.5, 0.6) is 0 Å². The molecule has 1 atom stereocenters. The van der Waals surface area contributed by atoms with Gasteiger partial charge in [-0.1, -0.05) is 23.7 Å². The topological polar surface area (TPSA) is 34.1 Å². The minimum absolute atomic E-state index is 0.0465. The van der Waals surface area contributed by atoms with Gasteiger partial charge in [0.05, 0.1) is 5.92 Å². The van der Waals surface area contributed by atoms with Gasteiger partial charge >= 0.3 is 6.18 Å². The fourth-order valence-corrected chi connectivity index (χ4v) is 2.45. The molecule has 2 nitrogen and oxygen atoms in total. The molecule has 1 aliphatic rings. The zero-order valence-corrected chi connectivity index (χ0v) is 11.7. The molecule has 112 valence electrons. The lowest BCUT2D eigenvalue weighted by molar-refractivity contribution is -0.176. The predicted molar refractivity (Wildman–Crippen MR) is 72.8 cm³/mol. The van der Waals surface area contributed by atoms with Gasteiger partial charge in [0.1, 0.15) is 0 Å². The number of benzene rings is 1. The Morgan fingerprint density at radius 3 is 2.43 bits per heavy atom. The molecule has 1 aromatic rings. The number of Topliss-reactive ketones (excluding diaryl/α,β-unsaturated/α-hetero) is 2. The Morgan fingerprint density at radius 1 is 1.24 bits per heavy atom. The van der Waals surface area contributed by atoms with Gasteiger partial charge in [0.2, 0.25) is 5.78 Å². The van der Waals surface area contributed by atoms with Crippen molar-refractivity contribution in [1.82, 2.24) is 0 Å². The molecular weight excluding hydrogens is 305 g/mol. The number of hydrogen-bond donors (Lipinski definition) is 0. The Morgan fingerprint density at radius 2 is 1.86 bits per heavy atom. The van der Waals surface area contributed by atoms with Crippen molar-refractivity contribution in [2.75, 3.05) is 0 Å². The average Bonchev–Trinajstić information content (AvgIpc) is 2.42. The molecule has 1 saturated carbocycles. The van der Waals surface area contributed by atoms with Crippen LogP contribution in [0.2, 0.25) is 5.02 Å². The molecule has 2 rings (SSSR count). The SMILES string of the molecule is O=C1/C(=C/c2ccc(Cl)cc2)CCCC1C(=O)C(F)(F)F. The molecule has 21 heavy (non-hydrogen) atoms. The molecule has 0 bridgehead atoms. The van der Waals surface area contributed by atoms with Gasteiger partial charge in [-0.2, -0.15) is 13.2 Å². The average molecular weight is 317 g/mol. The molecular formula is C15H12ClF3O2. The first-order valence-electron chi connectivity index (χ1n) is 6.40. The highest BCUT2D eigenvalue weighted by Gasteiger charge is 2.47. The summed E-state index contributed by atoms with van der Waals surface area (Å²) >= 11 is 5.74. The van der Waals surface area contributed by atoms with E-state index in [0.717, 1.165) is 0 Å². The zero-order chi connectivity index (χ0) is 15.6. The van der Waals surface area contributed by atoms with Crippen LogP contribution in [-0.4, -0.2) is 17.7 Å². The molecule has 0 spiro atoms. The third-order valence-corrected chi connectivity index (χ3v) is 3.63. The summed E-state index contributed by atoms with van der Waals surface area (Å²) < 4.78 is 37.4. The summed E-state index contributed by atoms with van der Waals surface area (Å²) in [6, 6.07) is 6.58. The Balaban J connectivity index is 2.24. The van der Waals surface area contributed by atoms with Crippen molar-refractivity contribution in [3.05, 3.63) is 40.4 Å². The van der Waals surface area contributed by atoms with Gasteiger partial charge in [0.25, 0.3) is 0 Å². The third kappa shape index (κ3) is 3.73. The monoisotopic (exact) mass is 316 g/mol. The molecule has 0 heterocycles. The molecule has 0 amide bonds. The Bertz CT molecular complexity index is 588. The summed E-state index contributed by atoms with van der Waals surface area (Å²) in [5.74, 6) is -4.27. The number of rotatable bonds is 2. The summed E-state index contributed by atoms with van der Waals surface area (Å²) in [5, 5.41) is 0.525. The van der Waals surface area contributed by atoms with Gasteiger partial charge in [-0.25, -0.2) is 0 Å². The normalized spacial score (nSPS) is 21.6. The van der Waals surface area contributed by atoms with Crippen molar-refractivity contribution in [3.8, 4) is 0 Å². The van der Waals surface area contributed by atoms with Crippen molar-refractivity contribution in [2.24, 2.45) is 5.92 Å². The molecule has 0 aliphatic heterocycles. The summed E-state index contributed by atoms with van der Waals surface area (Å²) in [5.41, 5.74) is 0.925. The highest BCUT2D eigenvalue weighted by atomic mass is 35.5. The summed E-state index contributed by atoms with van der Waals surface area (Å²) in [6.07, 6.45) is -2.73. The molecule has 0 saturated heterocycles. The fraction of sp³-hybridized carbons (Fsp3) is 0.333. The number of allylic oxidation sites excluding steroid dienone is 1. The number of carbonyl (C=O) groups is 2. The smallest absolute Gasteiger partial charge is 0.294 e. The van der Waals surface area contributed by atoms with Gasteiger partial charge in [-0.15, -0.1) is 0 Å². The first-order valence-corrected chi connectivity index (χ1v) is 6.78. The maximum atomic E-state index is 12.5. The van der Waals surface area contributed by atoms with E-state index in [1.807, 2.05) is 0 Å². The highest BCUT2D eigenvalue weighted by molar-refractivity contribution is 6.30. The fourth-order valence-electron chi connectivity index (χ4n) is 2.33. The van der Waals surface area contributed by atoms with Gasteiger partial charge in [-0.3, -0.25) is 9.59 Å². The third-order valence-electron chi connectivity index (χ3n) is 3.38. The van der Waals surface area contributed by atoms with Crippen molar-refractivity contribution >= 4 is 29.2 Å². The van der Waals surface area contributed by atoms with Crippen LogP contribution < -0.4 is 0 Å². The minimum Gasteiger partial charge on any atom is -0.294 e. The lowest BCUT2D eigenvalue weighted by Gasteiger charge is -2.22. The lowest BCUT2D eigenvalue weighted by atomic mass is 9.81. The van der Waals surface area contributed by atoms with Crippen molar-refractivity contribution in [3.63, 3.8) is 0 Å². The number of alkyl halides is 3. The first-order chi connectivity index (χ1) is 9.79. The van der Waals surface area contributed by atoms with Crippen LogP contribution in [0.4, 0.5) is 13.2 Å². The summed E-state index contributed by atoms with van der Waals surface area (Å²) in [6.45, 7) is 0. The number of halogens is 4. The molecule has 1 aliphatic carbocycles. The van der Waals surface area contributed by atoms with E-state index in [1.54, 1.807) is 24.3 Å². The molecule has 0 radical (unpaired) electrons. The summed E-state index contributed by atoms with van der Waals surface area (Å²) in [4.78, 5) is 23.4. The van der Waals surface area contributed by atoms with E-state index in [4.69, 9.17) is 11.6 Å². The molecule has 1 fully saturated rings. The highest BCUT2D eigenvalue weighted by Crippen LogP contribution is 2.32. The Hall–Kier alpha value is -1.62. The maximum absolute atomic E-state index is 12.5. The number of ketones is 2. The molecule has 0 N–H and O–H groups in total. The second-order valence-electron chi connectivity index (χ2n) is 4.89. The molecule has 1 unspecified atom stereocenters. The minimum atomic E-state index is -4.97. The van der Waals surface area contributed by atoms with Crippen LogP contribution in [0.1, 0.15) is 24.8 Å². The number of carbonyl (C=O) groups excluding carboxylic acids is 2. The largest absolute Gasteiger partial charge is 0.450 e. The van der Waals surface area contributed by atoms with E-state index in [9.17, 15) is 22.8 Å². The van der Waals surface area contributed by atoms with Gasteiger partial charge in [0.15, 0.2) is 5.78 Å². The first kappa shape index (κ1) is 15.8. The van der Waals surface area contributed by atoms with Crippen LogP contribution >= 0.6 is 11.6 Å².